The fourth-order valence-electron chi connectivity index (χ4n) is 1.33. The van der Waals surface area contributed by atoms with Gasteiger partial charge in [0.05, 0.1) is 13.2 Å². The van der Waals surface area contributed by atoms with Gasteiger partial charge in [0, 0.05) is 6.54 Å². The van der Waals surface area contributed by atoms with Gasteiger partial charge in [-0.15, -0.1) is 0 Å². The Morgan fingerprint density at radius 2 is 1.89 bits per heavy atom. The summed E-state index contributed by atoms with van der Waals surface area (Å²) >= 11 is 0. The minimum Gasteiger partial charge on any atom is -0.464 e. The zero-order chi connectivity index (χ0) is 14.1. The van der Waals surface area contributed by atoms with Crippen molar-refractivity contribution in [3.8, 4) is 0 Å². The van der Waals surface area contributed by atoms with Gasteiger partial charge in [-0.3, -0.25) is 9.59 Å². The predicted molar refractivity (Wildman–Crippen MR) is 65.3 cm³/mol. The molecule has 0 aliphatic heterocycles. The highest BCUT2D eigenvalue weighted by molar-refractivity contribution is 6.02. The van der Waals surface area contributed by atoms with E-state index in [1.54, 1.807) is 6.92 Å². The van der Waals surface area contributed by atoms with Gasteiger partial charge in [-0.2, -0.15) is 0 Å². The van der Waals surface area contributed by atoms with Gasteiger partial charge in [0.15, 0.2) is 6.04 Å². The summed E-state index contributed by atoms with van der Waals surface area (Å²) in [4.78, 5) is 35.3. The van der Waals surface area contributed by atoms with Crippen LogP contribution >= 0.6 is 0 Å². The molecule has 0 rings (SSSR count). The lowest BCUT2D eigenvalue weighted by molar-refractivity contribution is -0.151. The molecule has 1 atom stereocenters. The van der Waals surface area contributed by atoms with E-state index >= 15 is 0 Å². The lowest BCUT2D eigenvalue weighted by Gasteiger charge is -2.23. The summed E-state index contributed by atoms with van der Waals surface area (Å²) in [6, 6.07) is -1.40. The van der Waals surface area contributed by atoms with E-state index in [-0.39, 0.29) is 13.2 Å². The molecule has 4 N–H and O–H groups in total. The first-order chi connectivity index (χ1) is 8.43. The maximum absolute atomic E-state index is 11.9. The molecule has 0 spiro atoms. The van der Waals surface area contributed by atoms with E-state index in [9.17, 15) is 14.4 Å². The Morgan fingerprint density at radius 1 is 1.28 bits per heavy atom. The Morgan fingerprint density at radius 3 is 2.33 bits per heavy atom. The van der Waals surface area contributed by atoms with Crippen molar-refractivity contribution in [2.45, 2.75) is 32.7 Å². The van der Waals surface area contributed by atoms with Crippen LogP contribution in [0.15, 0.2) is 0 Å². The van der Waals surface area contributed by atoms with Crippen molar-refractivity contribution >= 4 is 17.8 Å². The van der Waals surface area contributed by atoms with Crippen LogP contribution in [0.3, 0.4) is 0 Å². The van der Waals surface area contributed by atoms with Crippen LogP contribution in [0, 0.1) is 0 Å². The largest absolute Gasteiger partial charge is 0.464 e. The summed E-state index contributed by atoms with van der Waals surface area (Å²) in [6.07, 6.45) is 1.55. The first-order valence-corrected chi connectivity index (χ1v) is 5.93. The van der Waals surface area contributed by atoms with Gasteiger partial charge in [0.1, 0.15) is 0 Å². The van der Waals surface area contributed by atoms with Crippen LogP contribution in [0.25, 0.3) is 0 Å². The molecule has 18 heavy (non-hydrogen) atoms. The summed E-state index contributed by atoms with van der Waals surface area (Å²) in [5, 5.41) is 0. The van der Waals surface area contributed by atoms with Crippen LogP contribution in [-0.2, 0) is 19.1 Å². The van der Waals surface area contributed by atoms with Crippen molar-refractivity contribution in [1.82, 2.24) is 4.90 Å². The summed E-state index contributed by atoms with van der Waals surface area (Å²) in [7, 11) is 0. The summed E-state index contributed by atoms with van der Waals surface area (Å²) < 4.78 is 4.66. The number of carbonyl (C=O) groups is 3. The Labute approximate surface area is 106 Å². The molecule has 0 heterocycles. The van der Waals surface area contributed by atoms with Gasteiger partial charge in [-0.05, 0) is 13.3 Å². The molecule has 7 nitrogen and oxygen atoms in total. The normalized spacial score (nSPS) is 11.7. The van der Waals surface area contributed by atoms with Gasteiger partial charge in [0.25, 0.3) is 5.91 Å². The lowest BCUT2D eigenvalue weighted by Crippen LogP contribution is -2.51. The molecular formula is C11H21N3O4. The van der Waals surface area contributed by atoms with E-state index in [1.165, 1.54) is 4.90 Å². The van der Waals surface area contributed by atoms with Gasteiger partial charge < -0.3 is 21.1 Å². The second kappa shape index (κ2) is 8.46. The molecule has 0 aromatic rings. The molecule has 2 amide bonds. The Hall–Kier alpha value is -1.63. The molecule has 1 unspecified atom stereocenters. The van der Waals surface area contributed by atoms with Crippen molar-refractivity contribution in [3.05, 3.63) is 0 Å². The number of ether oxygens (including phenoxy) is 1. The van der Waals surface area contributed by atoms with Crippen LogP contribution in [-0.4, -0.2) is 48.4 Å². The molecule has 7 heteroatoms. The number of primary amides is 1. The molecule has 0 radical (unpaired) electrons. The number of hydrogen-bond donors (Lipinski definition) is 2. The molecule has 0 aliphatic carbocycles. The zero-order valence-corrected chi connectivity index (χ0v) is 10.8. The minimum atomic E-state index is -1.40. The first kappa shape index (κ1) is 16.4. The molecule has 0 aromatic carbocycles. The molecule has 0 saturated heterocycles. The van der Waals surface area contributed by atoms with E-state index in [0.717, 1.165) is 6.42 Å². The fraction of sp³-hybridized carbons (Fsp3) is 0.727. The second-order valence-electron chi connectivity index (χ2n) is 3.81. The quantitative estimate of drug-likeness (QED) is 0.428. The minimum absolute atomic E-state index is 0.143. The van der Waals surface area contributed by atoms with Crippen molar-refractivity contribution in [2.24, 2.45) is 11.5 Å². The fourth-order valence-corrected chi connectivity index (χ4v) is 1.33. The van der Waals surface area contributed by atoms with Gasteiger partial charge >= 0.3 is 5.97 Å². The van der Waals surface area contributed by atoms with E-state index in [1.807, 2.05) is 6.92 Å². The standard InChI is InChI=1S/C11H21N3O4/c1-3-5-6-14(7-8(12)15)10(16)9(13)11(17)18-4-2/h9H,3-7,13H2,1-2H3,(H2,12,15). The van der Waals surface area contributed by atoms with E-state index in [4.69, 9.17) is 11.5 Å². The third-order valence-corrected chi connectivity index (χ3v) is 2.25. The first-order valence-electron chi connectivity index (χ1n) is 5.93. The maximum atomic E-state index is 11.9. The number of hydrogen-bond acceptors (Lipinski definition) is 5. The third kappa shape index (κ3) is 5.62. The molecule has 0 saturated carbocycles. The van der Waals surface area contributed by atoms with Crippen molar-refractivity contribution in [2.75, 3.05) is 19.7 Å². The summed E-state index contributed by atoms with van der Waals surface area (Å²) in [5.41, 5.74) is 10.5. The number of esters is 1. The summed E-state index contributed by atoms with van der Waals surface area (Å²) in [6.45, 7) is 3.80. The number of rotatable bonds is 8. The van der Waals surface area contributed by atoms with Crippen molar-refractivity contribution < 1.29 is 19.1 Å². The van der Waals surface area contributed by atoms with Crippen molar-refractivity contribution in [1.29, 1.82) is 0 Å². The van der Waals surface area contributed by atoms with Crippen LogP contribution in [0.5, 0.6) is 0 Å². The van der Waals surface area contributed by atoms with Crippen LogP contribution in [0.1, 0.15) is 26.7 Å². The topological polar surface area (TPSA) is 116 Å². The van der Waals surface area contributed by atoms with E-state index in [2.05, 4.69) is 4.74 Å². The number of carbonyl (C=O) groups excluding carboxylic acids is 3. The van der Waals surface area contributed by atoms with Crippen LogP contribution in [0.2, 0.25) is 0 Å². The SMILES string of the molecule is CCCCN(CC(N)=O)C(=O)C(N)C(=O)OCC. The number of unbranched alkanes of at least 4 members (excludes halogenated alkanes) is 1. The Bertz CT molecular complexity index is 307. The van der Waals surface area contributed by atoms with Gasteiger partial charge in [-0.1, -0.05) is 13.3 Å². The number of amides is 2. The monoisotopic (exact) mass is 259 g/mol. The number of nitrogens with zero attached hydrogens (tertiary/aromatic N) is 1. The second-order valence-corrected chi connectivity index (χ2v) is 3.81. The predicted octanol–water partition coefficient (Wildman–Crippen LogP) is -1.01. The van der Waals surface area contributed by atoms with Crippen molar-refractivity contribution in [3.63, 3.8) is 0 Å². The Kier molecular flexibility index (Phi) is 7.69. The molecule has 0 bridgehead atoms. The average molecular weight is 259 g/mol. The molecule has 0 aromatic heterocycles. The highest BCUT2D eigenvalue weighted by Crippen LogP contribution is 2.00. The average Bonchev–Trinajstić information content (AvgIpc) is 2.32. The van der Waals surface area contributed by atoms with Crippen LogP contribution in [0.4, 0.5) is 0 Å². The molecule has 0 fully saturated rings. The maximum Gasteiger partial charge on any atom is 0.332 e. The number of nitrogens with two attached hydrogens (primary N) is 2. The van der Waals surface area contributed by atoms with Crippen LogP contribution < -0.4 is 11.5 Å². The van der Waals surface area contributed by atoms with E-state index < -0.39 is 23.8 Å². The smallest absolute Gasteiger partial charge is 0.332 e. The Balaban J connectivity index is 4.61. The highest BCUT2D eigenvalue weighted by Gasteiger charge is 2.28. The molecule has 0 aliphatic rings. The van der Waals surface area contributed by atoms with Gasteiger partial charge in [0.2, 0.25) is 5.91 Å². The molecule has 104 valence electrons. The third-order valence-electron chi connectivity index (χ3n) is 2.25. The van der Waals surface area contributed by atoms with E-state index in [0.29, 0.717) is 13.0 Å². The highest BCUT2D eigenvalue weighted by atomic mass is 16.5. The van der Waals surface area contributed by atoms with Gasteiger partial charge in [-0.25, -0.2) is 4.79 Å². The summed E-state index contributed by atoms with van der Waals surface area (Å²) in [5.74, 6) is -2.08. The molecular weight excluding hydrogens is 238 g/mol. The lowest BCUT2D eigenvalue weighted by atomic mass is 10.2. The zero-order valence-electron chi connectivity index (χ0n) is 10.8.